The second-order valence-electron chi connectivity index (χ2n) is 4.10. The normalized spacial score (nSPS) is 11.4. The highest BCUT2D eigenvalue weighted by Crippen LogP contribution is 2.30. The first-order valence-corrected chi connectivity index (χ1v) is 5.98. The van der Waals surface area contributed by atoms with Crippen LogP contribution in [-0.2, 0) is 4.79 Å². The number of hydrogen-bond acceptors (Lipinski definition) is 5. The minimum Gasteiger partial charge on any atom is -0.497 e. The van der Waals surface area contributed by atoms with Gasteiger partial charge in [-0.3, -0.25) is 9.59 Å². The third-order valence-electron chi connectivity index (χ3n) is 2.80. The van der Waals surface area contributed by atoms with Gasteiger partial charge in [0, 0.05) is 13.1 Å². The molecule has 1 aromatic rings. The maximum atomic E-state index is 12.2. The number of anilines is 1. The van der Waals surface area contributed by atoms with Gasteiger partial charge in [-0.25, -0.2) is 0 Å². The zero-order valence-electron chi connectivity index (χ0n) is 11.9. The van der Waals surface area contributed by atoms with Crippen molar-refractivity contribution < 1.29 is 19.1 Å². The lowest BCUT2D eigenvalue weighted by molar-refractivity contribution is -0.122. The van der Waals surface area contributed by atoms with Gasteiger partial charge in [-0.05, 0) is 13.0 Å². The quantitative estimate of drug-likeness (QED) is 0.667. The summed E-state index contributed by atoms with van der Waals surface area (Å²) in [5.41, 5.74) is 6.24. The van der Waals surface area contributed by atoms with E-state index >= 15 is 0 Å². The molecule has 7 nitrogen and oxygen atoms in total. The van der Waals surface area contributed by atoms with Crippen molar-refractivity contribution in [1.29, 1.82) is 0 Å². The minimum atomic E-state index is -0.677. The number of amides is 2. The Morgan fingerprint density at radius 1 is 1.25 bits per heavy atom. The Hall–Kier alpha value is -2.44. The molecule has 0 aliphatic carbocycles. The summed E-state index contributed by atoms with van der Waals surface area (Å²) in [6, 6.07) is 2.39. The van der Waals surface area contributed by atoms with Crippen molar-refractivity contribution in [2.45, 2.75) is 13.0 Å². The van der Waals surface area contributed by atoms with Gasteiger partial charge in [0.15, 0.2) is 0 Å². The van der Waals surface area contributed by atoms with E-state index in [-0.39, 0.29) is 17.2 Å². The van der Waals surface area contributed by atoms with Gasteiger partial charge >= 0.3 is 0 Å². The summed E-state index contributed by atoms with van der Waals surface area (Å²) >= 11 is 0. The van der Waals surface area contributed by atoms with Crippen LogP contribution in [0.2, 0.25) is 0 Å². The molecule has 4 N–H and O–H groups in total. The van der Waals surface area contributed by atoms with Crippen LogP contribution in [0.3, 0.4) is 0 Å². The Labute approximate surface area is 117 Å². The number of nitrogen functional groups attached to an aromatic ring is 1. The van der Waals surface area contributed by atoms with E-state index in [1.165, 1.54) is 27.3 Å². The molecule has 110 valence electrons. The minimum absolute atomic E-state index is 0.190. The summed E-state index contributed by atoms with van der Waals surface area (Å²) in [7, 11) is 4.41. The average molecular weight is 281 g/mol. The first-order valence-electron chi connectivity index (χ1n) is 5.98. The van der Waals surface area contributed by atoms with Crippen LogP contribution in [0.25, 0.3) is 0 Å². The maximum absolute atomic E-state index is 12.2. The van der Waals surface area contributed by atoms with Gasteiger partial charge in [0.2, 0.25) is 5.91 Å². The lowest BCUT2D eigenvalue weighted by Crippen LogP contribution is -2.43. The number of methoxy groups -OCH3 is 2. The number of ether oxygens (including phenoxy) is 2. The van der Waals surface area contributed by atoms with Crippen molar-refractivity contribution in [3.8, 4) is 11.5 Å². The van der Waals surface area contributed by atoms with E-state index < -0.39 is 11.9 Å². The zero-order chi connectivity index (χ0) is 15.3. The maximum Gasteiger partial charge on any atom is 0.254 e. The molecule has 1 atom stereocenters. The third-order valence-corrected chi connectivity index (χ3v) is 2.80. The number of likely N-dealkylation sites (N-methyl/N-ethyl adjacent to an activating group) is 1. The summed E-state index contributed by atoms with van der Waals surface area (Å²) in [5, 5.41) is 5.00. The van der Waals surface area contributed by atoms with Gasteiger partial charge < -0.3 is 25.8 Å². The Bertz CT molecular complexity index is 517. The fraction of sp³-hybridized carbons (Fsp3) is 0.385. The standard InChI is InChI=1S/C13H19N3O4/c1-7(12(17)15-2)16-13(18)9-5-8(19-3)6-10(20-4)11(9)14/h5-7H,14H2,1-4H3,(H,15,17)(H,16,18). The summed E-state index contributed by atoms with van der Waals surface area (Å²) in [6.45, 7) is 1.57. The molecule has 0 fully saturated rings. The number of nitrogens with two attached hydrogens (primary N) is 1. The smallest absolute Gasteiger partial charge is 0.254 e. The highest BCUT2D eigenvalue weighted by atomic mass is 16.5. The SMILES string of the molecule is CNC(=O)C(C)NC(=O)c1cc(OC)cc(OC)c1N. The molecule has 0 heterocycles. The first-order chi connectivity index (χ1) is 9.44. The van der Waals surface area contributed by atoms with E-state index in [4.69, 9.17) is 15.2 Å². The van der Waals surface area contributed by atoms with Gasteiger partial charge in [-0.2, -0.15) is 0 Å². The molecule has 7 heteroatoms. The highest BCUT2D eigenvalue weighted by Gasteiger charge is 2.20. The number of nitrogens with one attached hydrogen (secondary N) is 2. The molecule has 1 unspecified atom stereocenters. The van der Waals surface area contributed by atoms with Crippen molar-refractivity contribution >= 4 is 17.5 Å². The predicted molar refractivity (Wildman–Crippen MR) is 75.0 cm³/mol. The Morgan fingerprint density at radius 2 is 1.90 bits per heavy atom. The van der Waals surface area contributed by atoms with Crippen LogP contribution in [0.15, 0.2) is 12.1 Å². The summed E-state index contributed by atoms with van der Waals surface area (Å²) in [4.78, 5) is 23.6. The summed E-state index contributed by atoms with van der Waals surface area (Å²) in [5.74, 6) is -0.00141. The molecular weight excluding hydrogens is 262 g/mol. The van der Waals surface area contributed by atoms with Crippen LogP contribution in [-0.4, -0.2) is 39.1 Å². The summed E-state index contributed by atoms with van der Waals surface area (Å²) < 4.78 is 10.2. The van der Waals surface area contributed by atoms with Crippen molar-refractivity contribution in [3.05, 3.63) is 17.7 Å². The molecule has 2 amide bonds. The zero-order valence-corrected chi connectivity index (χ0v) is 11.9. The Morgan fingerprint density at radius 3 is 2.40 bits per heavy atom. The van der Waals surface area contributed by atoms with Crippen molar-refractivity contribution in [2.75, 3.05) is 27.0 Å². The van der Waals surface area contributed by atoms with Crippen molar-refractivity contribution in [3.63, 3.8) is 0 Å². The molecule has 0 saturated heterocycles. The van der Waals surface area contributed by atoms with E-state index in [0.717, 1.165) is 0 Å². The number of rotatable bonds is 5. The number of carbonyl (C=O) groups excluding carboxylic acids is 2. The molecule has 0 saturated carbocycles. The van der Waals surface area contributed by atoms with Gasteiger partial charge in [-0.15, -0.1) is 0 Å². The van der Waals surface area contributed by atoms with E-state index in [1.807, 2.05) is 0 Å². The Kier molecular flexibility index (Phi) is 5.19. The molecule has 0 aromatic heterocycles. The van der Waals surface area contributed by atoms with Crippen LogP contribution in [0.1, 0.15) is 17.3 Å². The number of carbonyl (C=O) groups is 2. The van der Waals surface area contributed by atoms with E-state index in [0.29, 0.717) is 11.5 Å². The lowest BCUT2D eigenvalue weighted by atomic mass is 10.1. The van der Waals surface area contributed by atoms with E-state index in [9.17, 15) is 9.59 Å². The number of benzene rings is 1. The van der Waals surface area contributed by atoms with E-state index in [1.54, 1.807) is 13.0 Å². The molecule has 0 aliphatic heterocycles. The third kappa shape index (κ3) is 3.31. The van der Waals surface area contributed by atoms with Gasteiger partial charge in [0.05, 0.1) is 25.5 Å². The molecule has 0 aliphatic rings. The average Bonchev–Trinajstić information content (AvgIpc) is 2.46. The largest absolute Gasteiger partial charge is 0.497 e. The lowest BCUT2D eigenvalue weighted by Gasteiger charge is -2.15. The van der Waals surface area contributed by atoms with Crippen LogP contribution in [0.4, 0.5) is 5.69 Å². The fourth-order valence-electron chi connectivity index (χ4n) is 1.63. The molecule has 20 heavy (non-hydrogen) atoms. The first kappa shape index (κ1) is 15.6. The van der Waals surface area contributed by atoms with E-state index in [2.05, 4.69) is 10.6 Å². The Balaban J connectivity index is 3.06. The summed E-state index contributed by atoms with van der Waals surface area (Å²) in [6.07, 6.45) is 0. The van der Waals surface area contributed by atoms with Crippen molar-refractivity contribution in [1.82, 2.24) is 10.6 Å². The van der Waals surface area contributed by atoms with Crippen molar-refractivity contribution in [2.24, 2.45) is 0 Å². The molecule has 0 spiro atoms. The van der Waals surface area contributed by atoms with Crippen LogP contribution in [0, 0.1) is 0 Å². The second kappa shape index (κ2) is 6.65. The fourth-order valence-corrected chi connectivity index (χ4v) is 1.63. The highest BCUT2D eigenvalue weighted by molar-refractivity contribution is 6.02. The second-order valence-corrected chi connectivity index (χ2v) is 4.10. The van der Waals surface area contributed by atoms with Gasteiger partial charge in [0.25, 0.3) is 5.91 Å². The van der Waals surface area contributed by atoms with Crippen LogP contribution in [0.5, 0.6) is 11.5 Å². The molecule has 1 aromatic carbocycles. The molecular formula is C13H19N3O4. The topological polar surface area (TPSA) is 103 Å². The van der Waals surface area contributed by atoms with Gasteiger partial charge in [-0.1, -0.05) is 0 Å². The predicted octanol–water partition coefficient (Wildman–Crippen LogP) is 0.150. The monoisotopic (exact) mass is 281 g/mol. The number of hydrogen-bond donors (Lipinski definition) is 3. The molecule has 0 bridgehead atoms. The molecule has 1 rings (SSSR count). The van der Waals surface area contributed by atoms with Crippen LogP contribution < -0.4 is 25.8 Å². The molecule has 0 radical (unpaired) electrons. The van der Waals surface area contributed by atoms with Crippen LogP contribution >= 0.6 is 0 Å². The van der Waals surface area contributed by atoms with Gasteiger partial charge in [0.1, 0.15) is 17.5 Å².